The summed E-state index contributed by atoms with van der Waals surface area (Å²) in [5.74, 6) is -1.56. The molecular weight excluding hydrogens is 465 g/mol. The van der Waals surface area contributed by atoms with E-state index in [1.54, 1.807) is 17.5 Å². The number of amides is 1. The highest BCUT2D eigenvalue weighted by molar-refractivity contribution is 8.01. The minimum atomic E-state index is -5.08. The second-order valence-electron chi connectivity index (χ2n) is 7.81. The van der Waals surface area contributed by atoms with E-state index >= 15 is 0 Å². The largest absolute Gasteiger partial charge is 0.490 e. The van der Waals surface area contributed by atoms with E-state index in [1.165, 1.54) is 10.4 Å². The van der Waals surface area contributed by atoms with Crippen LogP contribution in [0.25, 0.3) is 0 Å². The van der Waals surface area contributed by atoms with Gasteiger partial charge in [0, 0.05) is 36.1 Å². The Morgan fingerprint density at radius 2 is 2.03 bits per heavy atom. The van der Waals surface area contributed by atoms with E-state index in [2.05, 4.69) is 18.8 Å². The van der Waals surface area contributed by atoms with Crippen molar-refractivity contribution >= 4 is 35.0 Å². The van der Waals surface area contributed by atoms with Crippen molar-refractivity contribution < 1.29 is 32.6 Å². The predicted octanol–water partition coefficient (Wildman–Crippen LogP) is 4.31. The Bertz CT molecular complexity index is 940. The van der Waals surface area contributed by atoms with Crippen LogP contribution in [-0.4, -0.2) is 62.7 Å². The zero-order valence-corrected chi connectivity index (χ0v) is 19.1. The quantitative estimate of drug-likeness (QED) is 0.691. The molecule has 0 saturated carbocycles. The summed E-state index contributed by atoms with van der Waals surface area (Å²) in [7, 11) is 0. The molecule has 1 unspecified atom stereocenters. The van der Waals surface area contributed by atoms with Crippen LogP contribution in [0.2, 0.25) is 0 Å². The lowest BCUT2D eigenvalue weighted by Gasteiger charge is -2.47. The second kappa shape index (κ2) is 9.80. The highest BCUT2D eigenvalue weighted by Crippen LogP contribution is 2.46. The highest BCUT2D eigenvalue weighted by atomic mass is 32.2. The van der Waals surface area contributed by atoms with Crippen LogP contribution < -0.4 is 0 Å². The number of rotatable bonds is 4. The number of likely N-dealkylation sites (tertiary alicyclic amines) is 1. The van der Waals surface area contributed by atoms with E-state index < -0.39 is 12.1 Å². The molecular formula is C21H23F3N2O4S2. The molecule has 1 spiro atoms. The molecule has 2 aromatic heterocycles. The van der Waals surface area contributed by atoms with Crippen LogP contribution in [0.5, 0.6) is 0 Å². The van der Waals surface area contributed by atoms with Gasteiger partial charge in [-0.3, -0.25) is 9.78 Å². The summed E-state index contributed by atoms with van der Waals surface area (Å²) >= 11 is 3.58. The molecule has 2 fully saturated rings. The number of halogens is 3. The first-order valence-corrected chi connectivity index (χ1v) is 11.6. The smallest absolute Gasteiger partial charge is 0.475 e. The van der Waals surface area contributed by atoms with Gasteiger partial charge in [0.15, 0.2) is 0 Å². The normalized spacial score (nSPS) is 19.3. The van der Waals surface area contributed by atoms with Crippen LogP contribution in [-0.2, 0) is 16.1 Å². The van der Waals surface area contributed by atoms with Crippen LogP contribution in [0, 0.1) is 13.8 Å². The number of hydrogen-bond donors (Lipinski definition) is 1. The lowest BCUT2D eigenvalue weighted by Crippen LogP contribution is -2.60. The van der Waals surface area contributed by atoms with Crippen LogP contribution in [0.15, 0.2) is 30.6 Å². The molecule has 1 N–H and O–H groups in total. The number of ether oxygens (including phenoxy) is 1. The summed E-state index contributed by atoms with van der Waals surface area (Å²) in [5.41, 5.74) is 2.32. The summed E-state index contributed by atoms with van der Waals surface area (Å²) in [6.45, 7) is 6.45. The summed E-state index contributed by atoms with van der Waals surface area (Å²) in [4.78, 5) is 29.7. The maximum atomic E-state index is 12.6. The second-order valence-corrected chi connectivity index (χ2v) is 10.6. The molecule has 1 amide bonds. The monoisotopic (exact) mass is 488 g/mol. The maximum absolute atomic E-state index is 12.6. The number of aryl methyl sites for hydroxylation is 2. The molecule has 2 aliphatic heterocycles. The Labute approximate surface area is 191 Å². The molecule has 0 aliphatic carbocycles. The number of aliphatic carboxylic acids is 1. The molecule has 4 heterocycles. The topological polar surface area (TPSA) is 79.7 Å². The van der Waals surface area contributed by atoms with Gasteiger partial charge in [0.05, 0.1) is 22.3 Å². The van der Waals surface area contributed by atoms with Gasteiger partial charge in [-0.05, 0) is 43.5 Å². The van der Waals surface area contributed by atoms with Crippen molar-refractivity contribution in [3.05, 3.63) is 51.5 Å². The third-order valence-electron chi connectivity index (χ3n) is 5.25. The number of thiophene rings is 1. The molecule has 2 saturated heterocycles. The van der Waals surface area contributed by atoms with Crippen molar-refractivity contribution in [3.63, 3.8) is 0 Å². The molecule has 11 heteroatoms. The first kappa shape index (κ1) is 24.5. The van der Waals surface area contributed by atoms with Crippen molar-refractivity contribution in [2.24, 2.45) is 0 Å². The summed E-state index contributed by atoms with van der Waals surface area (Å²) in [6, 6.07) is 6.00. The van der Waals surface area contributed by atoms with Gasteiger partial charge in [-0.25, -0.2) is 4.79 Å². The predicted molar refractivity (Wildman–Crippen MR) is 116 cm³/mol. The molecule has 32 heavy (non-hydrogen) atoms. The van der Waals surface area contributed by atoms with Gasteiger partial charge in [0.2, 0.25) is 0 Å². The summed E-state index contributed by atoms with van der Waals surface area (Å²) in [5, 5.41) is 7.12. The Balaban J connectivity index is 0.000000360. The fraction of sp³-hybridized carbons (Fsp3) is 0.476. The number of alkyl halides is 3. The number of hydrogen-bond acceptors (Lipinski definition) is 6. The number of carbonyl (C=O) groups excluding carboxylic acids is 1. The highest BCUT2D eigenvalue weighted by Gasteiger charge is 2.51. The molecule has 174 valence electrons. The zero-order valence-electron chi connectivity index (χ0n) is 17.5. The Morgan fingerprint density at radius 1 is 1.34 bits per heavy atom. The van der Waals surface area contributed by atoms with Gasteiger partial charge in [0.1, 0.15) is 0 Å². The number of carboxylic acid groups (broad SMARTS) is 1. The number of carboxylic acids is 1. The number of pyridine rings is 1. The van der Waals surface area contributed by atoms with Gasteiger partial charge in [-0.1, -0.05) is 6.07 Å². The van der Waals surface area contributed by atoms with Crippen LogP contribution >= 0.6 is 23.1 Å². The van der Waals surface area contributed by atoms with Crippen LogP contribution in [0.4, 0.5) is 13.2 Å². The maximum Gasteiger partial charge on any atom is 0.490 e. The molecule has 0 aromatic carbocycles. The van der Waals surface area contributed by atoms with Crippen molar-refractivity contribution in [1.29, 1.82) is 0 Å². The standard InChI is InChI=1S/C19H22N2O2S2.C2HF3O2/c1-13-6-17(25-14(13)2)18(22)21-11-19(12-21)7-16(10-24-19)23-9-15-4-3-5-20-8-15;3-2(4,5)1(6)7/h3-6,8,16H,7,9-12H2,1-2H3;(H,6,7). The van der Waals surface area contributed by atoms with E-state index in [0.29, 0.717) is 6.61 Å². The molecule has 1 atom stereocenters. The lowest BCUT2D eigenvalue weighted by atomic mass is 9.92. The van der Waals surface area contributed by atoms with Gasteiger partial charge in [0.25, 0.3) is 5.91 Å². The Kier molecular flexibility index (Phi) is 7.51. The van der Waals surface area contributed by atoms with E-state index in [4.69, 9.17) is 14.6 Å². The zero-order chi connectivity index (χ0) is 23.5. The van der Waals surface area contributed by atoms with Crippen molar-refractivity contribution in [1.82, 2.24) is 9.88 Å². The number of thioether (sulfide) groups is 1. The molecule has 4 rings (SSSR count). The number of nitrogens with zero attached hydrogens (tertiary/aromatic N) is 2. The Hall–Kier alpha value is -2.11. The first-order chi connectivity index (χ1) is 15.0. The molecule has 2 aliphatic rings. The van der Waals surface area contributed by atoms with E-state index in [1.807, 2.05) is 41.1 Å². The van der Waals surface area contributed by atoms with E-state index in [-0.39, 0.29) is 16.8 Å². The first-order valence-electron chi connectivity index (χ1n) is 9.80. The van der Waals surface area contributed by atoms with Crippen molar-refractivity contribution in [2.45, 2.75) is 43.9 Å². The minimum Gasteiger partial charge on any atom is -0.475 e. The van der Waals surface area contributed by atoms with Crippen molar-refractivity contribution in [2.75, 3.05) is 18.8 Å². The number of carbonyl (C=O) groups is 2. The fourth-order valence-electron chi connectivity index (χ4n) is 3.45. The molecule has 0 radical (unpaired) electrons. The molecule has 6 nitrogen and oxygen atoms in total. The molecule has 0 bridgehead atoms. The van der Waals surface area contributed by atoms with Gasteiger partial charge >= 0.3 is 12.1 Å². The minimum absolute atomic E-state index is 0.187. The molecule has 2 aromatic rings. The number of aromatic nitrogens is 1. The third-order valence-corrected chi connectivity index (χ3v) is 7.96. The average molecular weight is 489 g/mol. The van der Waals surface area contributed by atoms with E-state index in [9.17, 15) is 18.0 Å². The van der Waals surface area contributed by atoms with Crippen LogP contribution in [0.3, 0.4) is 0 Å². The van der Waals surface area contributed by atoms with Gasteiger partial charge in [-0.2, -0.15) is 13.2 Å². The van der Waals surface area contributed by atoms with Crippen LogP contribution in [0.1, 0.15) is 32.1 Å². The van der Waals surface area contributed by atoms with Crippen molar-refractivity contribution in [3.8, 4) is 0 Å². The fourth-order valence-corrected chi connectivity index (χ4v) is 6.01. The lowest BCUT2D eigenvalue weighted by molar-refractivity contribution is -0.192. The third kappa shape index (κ3) is 6.02. The van der Waals surface area contributed by atoms with E-state index in [0.717, 1.165) is 35.7 Å². The van der Waals surface area contributed by atoms with Gasteiger partial charge < -0.3 is 14.7 Å². The summed E-state index contributed by atoms with van der Waals surface area (Å²) < 4.78 is 38.0. The Morgan fingerprint density at radius 3 is 2.56 bits per heavy atom. The van der Waals surface area contributed by atoms with Gasteiger partial charge in [-0.15, -0.1) is 23.1 Å². The summed E-state index contributed by atoms with van der Waals surface area (Å²) in [6.07, 6.45) is -0.147. The SMILES string of the molecule is Cc1cc(C(=O)N2CC3(CC(OCc4cccnc4)CS3)C2)sc1C.O=C(O)C(F)(F)F. The average Bonchev–Trinajstić information content (AvgIpc) is 3.29.